The van der Waals surface area contributed by atoms with Gasteiger partial charge in [0.15, 0.2) is 0 Å². The number of para-hydroxylation sites is 1. The average molecular weight is 297 g/mol. The van der Waals surface area contributed by atoms with Gasteiger partial charge in [-0.05, 0) is 36.4 Å². The Bertz CT molecular complexity index is 793. The van der Waals surface area contributed by atoms with Crippen molar-refractivity contribution in [3.8, 4) is 22.7 Å². The normalized spacial score (nSPS) is 13.0. The lowest BCUT2D eigenvalue weighted by molar-refractivity contribution is 0.326. The van der Waals surface area contributed by atoms with E-state index < -0.39 is 0 Å². The Hall–Kier alpha value is -2.26. The molecule has 4 rings (SSSR count). The number of halogens is 1. The van der Waals surface area contributed by atoms with Gasteiger partial charge in [0.2, 0.25) is 0 Å². The smallest absolute Gasteiger partial charge is 0.128 e. The molecule has 0 saturated carbocycles. The van der Waals surface area contributed by atoms with E-state index in [1.807, 2.05) is 53.3 Å². The van der Waals surface area contributed by atoms with Gasteiger partial charge in [0.05, 0.1) is 24.2 Å². The fourth-order valence-corrected chi connectivity index (χ4v) is 2.82. The first-order chi connectivity index (χ1) is 10.3. The number of aromatic nitrogens is 2. The Morgan fingerprint density at radius 2 is 1.86 bits per heavy atom. The van der Waals surface area contributed by atoms with Crippen LogP contribution in [-0.2, 0) is 6.42 Å². The van der Waals surface area contributed by atoms with Gasteiger partial charge in [-0.1, -0.05) is 23.7 Å². The fraction of sp³-hybridized carbons (Fsp3) is 0.118. The van der Waals surface area contributed by atoms with Crippen molar-refractivity contribution in [2.75, 3.05) is 6.61 Å². The lowest BCUT2D eigenvalue weighted by Gasteiger charge is -2.11. The maximum atomic E-state index is 5.97. The Kier molecular flexibility index (Phi) is 2.93. The van der Waals surface area contributed by atoms with E-state index in [9.17, 15) is 0 Å². The lowest BCUT2D eigenvalue weighted by atomic mass is 10.1. The van der Waals surface area contributed by atoms with E-state index in [4.69, 9.17) is 16.3 Å². The van der Waals surface area contributed by atoms with Crippen LogP contribution >= 0.6 is 11.6 Å². The molecule has 2 heterocycles. The van der Waals surface area contributed by atoms with Crippen molar-refractivity contribution >= 4 is 11.6 Å². The molecule has 0 radical (unpaired) electrons. The van der Waals surface area contributed by atoms with Crippen LogP contribution in [0.3, 0.4) is 0 Å². The number of benzene rings is 2. The zero-order valence-electron chi connectivity index (χ0n) is 11.3. The van der Waals surface area contributed by atoms with E-state index in [1.54, 1.807) is 0 Å². The Balaban J connectivity index is 1.95. The summed E-state index contributed by atoms with van der Waals surface area (Å²) in [7, 11) is 0. The van der Waals surface area contributed by atoms with Crippen molar-refractivity contribution in [3.63, 3.8) is 0 Å². The molecule has 3 nitrogen and oxygen atoms in total. The number of ether oxygens (including phenoxy) is 1. The number of fused-ring (bicyclic) bond motifs is 3. The lowest BCUT2D eigenvalue weighted by Crippen LogP contribution is -1.99. The van der Waals surface area contributed by atoms with Crippen LogP contribution in [0.2, 0.25) is 5.02 Å². The second-order valence-electron chi connectivity index (χ2n) is 5.00. The van der Waals surface area contributed by atoms with Gasteiger partial charge in [-0.25, -0.2) is 4.68 Å². The Labute approximate surface area is 127 Å². The zero-order chi connectivity index (χ0) is 14.2. The molecule has 0 fully saturated rings. The highest BCUT2D eigenvalue weighted by Crippen LogP contribution is 2.36. The quantitative estimate of drug-likeness (QED) is 0.675. The summed E-state index contributed by atoms with van der Waals surface area (Å²) >= 11 is 5.97. The van der Waals surface area contributed by atoms with Crippen molar-refractivity contribution in [2.45, 2.75) is 6.42 Å². The minimum Gasteiger partial charge on any atom is -0.493 e. The molecule has 0 saturated heterocycles. The Morgan fingerprint density at radius 3 is 2.71 bits per heavy atom. The molecule has 1 aliphatic rings. The van der Waals surface area contributed by atoms with Gasteiger partial charge in [-0.2, -0.15) is 5.10 Å². The number of rotatable bonds is 1. The average Bonchev–Trinajstić information content (AvgIpc) is 2.84. The van der Waals surface area contributed by atoms with Crippen LogP contribution in [0.25, 0.3) is 16.9 Å². The summed E-state index contributed by atoms with van der Waals surface area (Å²) in [6.45, 7) is 0.677. The summed E-state index contributed by atoms with van der Waals surface area (Å²) in [5.74, 6) is 0.909. The number of hydrogen-bond acceptors (Lipinski definition) is 2. The molecule has 0 unspecified atom stereocenters. The molecule has 104 valence electrons. The van der Waals surface area contributed by atoms with E-state index in [0.717, 1.165) is 34.1 Å². The van der Waals surface area contributed by atoms with E-state index in [-0.39, 0.29) is 0 Å². The van der Waals surface area contributed by atoms with Crippen LogP contribution < -0.4 is 4.74 Å². The van der Waals surface area contributed by atoms with Crippen molar-refractivity contribution in [1.82, 2.24) is 9.78 Å². The highest BCUT2D eigenvalue weighted by atomic mass is 35.5. The molecule has 1 aliphatic heterocycles. The molecule has 0 N–H and O–H groups in total. The molecular weight excluding hydrogens is 284 g/mol. The molecule has 1 aromatic heterocycles. The second-order valence-corrected chi connectivity index (χ2v) is 5.44. The van der Waals surface area contributed by atoms with Crippen LogP contribution in [0.5, 0.6) is 5.75 Å². The molecular formula is C17H13ClN2O. The van der Waals surface area contributed by atoms with Crippen LogP contribution in [0.1, 0.15) is 5.56 Å². The van der Waals surface area contributed by atoms with Gasteiger partial charge in [-0.3, -0.25) is 0 Å². The van der Waals surface area contributed by atoms with Crippen LogP contribution in [0, 0.1) is 0 Å². The molecule has 4 heteroatoms. The third kappa shape index (κ3) is 2.10. The third-order valence-corrected chi connectivity index (χ3v) is 3.94. The highest BCUT2D eigenvalue weighted by Gasteiger charge is 2.20. The van der Waals surface area contributed by atoms with Crippen molar-refractivity contribution < 1.29 is 4.74 Å². The molecule has 0 spiro atoms. The summed E-state index contributed by atoms with van der Waals surface area (Å²) in [6.07, 6.45) is 2.78. The monoisotopic (exact) mass is 296 g/mol. The topological polar surface area (TPSA) is 27.1 Å². The van der Waals surface area contributed by atoms with Gasteiger partial charge in [0, 0.05) is 22.6 Å². The number of hydrogen-bond donors (Lipinski definition) is 0. The maximum Gasteiger partial charge on any atom is 0.128 e. The molecule has 0 bridgehead atoms. The molecule has 21 heavy (non-hydrogen) atoms. The predicted molar refractivity (Wildman–Crippen MR) is 83.2 cm³/mol. The summed E-state index contributed by atoms with van der Waals surface area (Å²) < 4.78 is 7.79. The first-order valence-corrected chi connectivity index (χ1v) is 7.26. The SMILES string of the molecule is Clc1ccc(-n2ncc3c2-c2ccccc2OCC3)cc1. The molecule has 2 aromatic carbocycles. The van der Waals surface area contributed by atoms with Crippen LogP contribution in [-0.4, -0.2) is 16.4 Å². The maximum absolute atomic E-state index is 5.97. The van der Waals surface area contributed by atoms with Crippen molar-refractivity contribution in [2.24, 2.45) is 0 Å². The molecule has 3 aromatic rings. The largest absolute Gasteiger partial charge is 0.493 e. The van der Waals surface area contributed by atoms with E-state index in [2.05, 4.69) is 11.2 Å². The van der Waals surface area contributed by atoms with Gasteiger partial charge >= 0.3 is 0 Å². The zero-order valence-corrected chi connectivity index (χ0v) is 12.0. The van der Waals surface area contributed by atoms with Gasteiger partial charge in [0.1, 0.15) is 5.75 Å². The van der Waals surface area contributed by atoms with Gasteiger partial charge in [0.25, 0.3) is 0 Å². The third-order valence-electron chi connectivity index (χ3n) is 3.69. The standard InChI is InChI=1S/C17H13ClN2O/c18-13-5-7-14(8-6-13)20-17-12(11-19-20)9-10-21-16-4-2-1-3-15(16)17/h1-8,11H,9-10H2. The fourth-order valence-electron chi connectivity index (χ4n) is 2.69. The van der Waals surface area contributed by atoms with E-state index in [1.165, 1.54) is 5.56 Å². The van der Waals surface area contributed by atoms with Crippen LogP contribution in [0.4, 0.5) is 0 Å². The first-order valence-electron chi connectivity index (χ1n) is 6.88. The van der Waals surface area contributed by atoms with Crippen LogP contribution in [0.15, 0.2) is 54.7 Å². The van der Waals surface area contributed by atoms with E-state index in [0.29, 0.717) is 6.61 Å². The van der Waals surface area contributed by atoms with Crippen molar-refractivity contribution in [1.29, 1.82) is 0 Å². The summed E-state index contributed by atoms with van der Waals surface area (Å²) in [6, 6.07) is 15.8. The number of nitrogens with zero attached hydrogens (tertiary/aromatic N) is 2. The summed E-state index contributed by atoms with van der Waals surface area (Å²) in [4.78, 5) is 0. The van der Waals surface area contributed by atoms with Crippen molar-refractivity contribution in [3.05, 3.63) is 65.3 Å². The molecule has 0 amide bonds. The molecule has 0 atom stereocenters. The summed E-state index contributed by atoms with van der Waals surface area (Å²) in [5, 5.41) is 5.28. The first kappa shape index (κ1) is 12.5. The second kappa shape index (κ2) is 4.93. The summed E-state index contributed by atoms with van der Waals surface area (Å²) in [5.41, 5.74) is 4.38. The highest BCUT2D eigenvalue weighted by molar-refractivity contribution is 6.30. The Morgan fingerprint density at radius 1 is 1.05 bits per heavy atom. The van der Waals surface area contributed by atoms with E-state index >= 15 is 0 Å². The minimum absolute atomic E-state index is 0.677. The predicted octanol–water partition coefficient (Wildman–Crippen LogP) is 4.13. The molecule has 0 aliphatic carbocycles. The van der Waals surface area contributed by atoms with Gasteiger partial charge in [-0.15, -0.1) is 0 Å². The minimum atomic E-state index is 0.677. The van der Waals surface area contributed by atoms with Gasteiger partial charge < -0.3 is 4.74 Å².